The molecule has 0 aromatic heterocycles. The van der Waals surface area contributed by atoms with Crippen LogP contribution < -0.4 is 14.8 Å². The minimum absolute atomic E-state index is 0.256. The molecular weight excluding hydrogens is 334 g/mol. The van der Waals surface area contributed by atoms with Crippen LogP contribution in [0.2, 0.25) is 0 Å². The Morgan fingerprint density at radius 1 is 1.12 bits per heavy atom. The predicted octanol–water partition coefficient (Wildman–Crippen LogP) is 3.16. The molecule has 0 radical (unpaired) electrons. The molecule has 6 heteroatoms. The van der Waals surface area contributed by atoms with Crippen LogP contribution in [0.15, 0.2) is 18.2 Å². The lowest BCUT2D eigenvalue weighted by Gasteiger charge is -2.20. The fourth-order valence-electron chi connectivity index (χ4n) is 4.48. The lowest BCUT2D eigenvalue weighted by Crippen LogP contribution is -2.23. The average molecular weight is 359 g/mol. The van der Waals surface area contributed by atoms with Gasteiger partial charge in [-0.25, -0.2) is 0 Å². The zero-order chi connectivity index (χ0) is 17.9. The van der Waals surface area contributed by atoms with Gasteiger partial charge in [-0.3, -0.25) is 9.59 Å². The van der Waals surface area contributed by atoms with Crippen LogP contribution in [0.1, 0.15) is 38.5 Å². The maximum Gasteiger partial charge on any atom is 0.306 e. The van der Waals surface area contributed by atoms with Crippen LogP contribution in [0.4, 0.5) is 5.69 Å². The molecular formula is C20H25NO5. The summed E-state index contributed by atoms with van der Waals surface area (Å²) >= 11 is 0. The number of amides is 1. The van der Waals surface area contributed by atoms with Crippen LogP contribution in [-0.2, 0) is 14.3 Å². The van der Waals surface area contributed by atoms with Crippen LogP contribution in [0.3, 0.4) is 0 Å². The Balaban J connectivity index is 1.24. The van der Waals surface area contributed by atoms with Crippen LogP contribution in [0.5, 0.6) is 11.5 Å². The molecule has 140 valence electrons. The molecule has 0 saturated heterocycles. The average Bonchev–Trinajstić information content (AvgIpc) is 3.16. The second-order valence-electron chi connectivity index (χ2n) is 7.56. The van der Waals surface area contributed by atoms with Crippen LogP contribution in [0, 0.1) is 17.8 Å². The third-order valence-corrected chi connectivity index (χ3v) is 5.71. The fraction of sp³-hybridized carbons (Fsp3) is 0.600. The predicted molar refractivity (Wildman–Crippen MR) is 95.2 cm³/mol. The highest BCUT2D eigenvalue weighted by Crippen LogP contribution is 2.49. The van der Waals surface area contributed by atoms with Crippen molar-refractivity contribution in [1.29, 1.82) is 0 Å². The third kappa shape index (κ3) is 3.94. The lowest BCUT2D eigenvalue weighted by molar-refractivity contribution is -0.148. The molecule has 1 heterocycles. The quantitative estimate of drug-likeness (QED) is 0.818. The number of hydrogen-bond donors (Lipinski definition) is 1. The van der Waals surface area contributed by atoms with Gasteiger partial charge in [-0.2, -0.15) is 0 Å². The number of carbonyl (C=O) groups excluding carboxylic acids is 2. The highest BCUT2D eigenvalue weighted by molar-refractivity contribution is 5.93. The van der Waals surface area contributed by atoms with Crippen molar-refractivity contribution in [2.45, 2.75) is 38.5 Å². The number of benzene rings is 1. The minimum atomic E-state index is -0.346. The minimum Gasteiger partial charge on any atom is -0.490 e. The van der Waals surface area contributed by atoms with E-state index in [4.69, 9.17) is 14.2 Å². The van der Waals surface area contributed by atoms with E-state index in [-0.39, 0.29) is 18.5 Å². The Kier molecular flexibility index (Phi) is 5.00. The third-order valence-electron chi connectivity index (χ3n) is 5.71. The summed E-state index contributed by atoms with van der Waals surface area (Å²) < 4.78 is 16.3. The molecule has 1 aromatic carbocycles. The molecule has 1 aromatic rings. The smallest absolute Gasteiger partial charge is 0.306 e. The van der Waals surface area contributed by atoms with Crippen LogP contribution >= 0.6 is 0 Å². The molecule has 0 spiro atoms. The van der Waals surface area contributed by atoms with Crippen molar-refractivity contribution in [1.82, 2.24) is 0 Å². The number of rotatable bonds is 5. The molecule has 2 fully saturated rings. The van der Waals surface area contributed by atoms with E-state index in [1.54, 1.807) is 18.2 Å². The number of ether oxygens (including phenoxy) is 3. The van der Waals surface area contributed by atoms with Gasteiger partial charge in [0.25, 0.3) is 5.91 Å². The second-order valence-corrected chi connectivity index (χ2v) is 7.56. The van der Waals surface area contributed by atoms with Crippen molar-refractivity contribution in [2.75, 3.05) is 25.1 Å². The first-order valence-corrected chi connectivity index (χ1v) is 9.52. The van der Waals surface area contributed by atoms with E-state index in [0.29, 0.717) is 48.7 Å². The molecule has 1 N–H and O–H groups in total. The van der Waals surface area contributed by atoms with Crippen LogP contribution in [0.25, 0.3) is 0 Å². The molecule has 3 aliphatic rings. The Labute approximate surface area is 153 Å². The van der Waals surface area contributed by atoms with E-state index in [0.717, 1.165) is 18.8 Å². The van der Waals surface area contributed by atoms with E-state index in [1.165, 1.54) is 19.3 Å². The molecule has 3 atom stereocenters. The monoisotopic (exact) mass is 359 g/mol. The van der Waals surface area contributed by atoms with E-state index in [1.807, 2.05) is 0 Å². The summed E-state index contributed by atoms with van der Waals surface area (Å²) in [6, 6.07) is 5.26. The largest absolute Gasteiger partial charge is 0.490 e. The van der Waals surface area contributed by atoms with Crippen molar-refractivity contribution in [3.63, 3.8) is 0 Å². The summed E-state index contributed by atoms with van der Waals surface area (Å²) in [6.07, 6.45) is 6.24. The molecule has 1 aliphatic heterocycles. The van der Waals surface area contributed by atoms with Gasteiger partial charge in [0.15, 0.2) is 18.1 Å². The highest BCUT2D eigenvalue weighted by atomic mass is 16.5. The van der Waals surface area contributed by atoms with Gasteiger partial charge in [-0.05, 0) is 49.1 Å². The molecule has 26 heavy (non-hydrogen) atoms. The first-order chi connectivity index (χ1) is 12.7. The van der Waals surface area contributed by atoms with Gasteiger partial charge in [-0.15, -0.1) is 0 Å². The van der Waals surface area contributed by atoms with Crippen molar-refractivity contribution < 1.29 is 23.8 Å². The lowest BCUT2D eigenvalue weighted by atomic mass is 9.86. The summed E-state index contributed by atoms with van der Waals surface area (Å²) in [6.45, 7) is 0.955. The van der Waals surface area contributed by atoms with Gasteiger partial charge in [0.05, 0.1) is 13.2 Å². The topological polar surface area (TPSA) is 73.9 Å². The summed E-state index contributed by atoms with van der Waals surface area (Å²) in [5.41, 5.74) is 0.600. The Bertz CT molecular complexity index is 689. The van der Waals surface area contributed by atoms with E-state index in [2.05, 4.69) is 5.32 Å². The summed E-state index contributed by atoms with van der Waals surface area (Å²) in [7, 11) is 0. The SMILES string of the molecule is O=C(COC(=O)C[C@H]1C[C@H]2CC[C@@H]1C2)Nc1ccc2c(c1)OCCCO2. The molecule has 2 saturated carbocycles. The van der Waals surface area contributed by atoms with Gasteiger partial charge < -0.3 is 19.5 Å². The zero-order valence-corrected chi connectivity index (χ0v) is 14.9. The Morgan fingerprint density at radius 2 is 1.96 bits per heavy atom. The van der Waals surface area contributed by atoms with Gasteiger partial charge in [0, 0.05) is 24.6 Å². The number of carbonyl (C=O) groups is 2. The Morgan fingerprint density at radius 3 is 2.73 bits per heavy atom. The normalized spacial score (nSPS) is 26.2. The van der Waals surface area contributed by atoms with Crippen molar-refractivity contribution in [3.8, 4) is 11.5 Å². The first kappa shape index (κ1) is 17.2. The Hall–Kier alpha value is -2.24. The number of fused-ring (bicyclic) bond motifs is 3. The van der Waals surface area contributed by atoms with Crippen molar-refractivity contribution >= 4 is 17.6 Å². The molecule has 2 bridgehead atoms. The zero-order valence-electron chi connectivity index (χ0n) is 14.9. The van der Waals surface area contributed by atoms with Crippen molar-refractivity contribution in [2.24, 2.45) is 17.8 Å². The number of esters is 1. The summed E-state index contributed by atoms with van der Waals surface area (Å²) in [5.74, 6) is 2.62. The molecule has 1 amide bonds. The van der Waals surface area contributed by atoms with Gasteiger partial charge in [0.2, 0.25) is 0 Å². The fourth-order valence-corrected chi connectivity index (χ4v) is 4.48. The molecule has 2 aliphatic carbocycles. The molecule has 6 nitrogen and oxygen atoms in total. The maximum absolute atomic E-state index is 12.1. The second kappa shape index (κ2) is 7.56. The molecule has 0 unspecified atom stereocenters. The maximum atomic E-state index is 12.1. The van der Waals surface area contributed by atoms with Crippen LogP contribution in [-0.4, -0.2) is 31.7 Å². The van der Waals surface area contributed by atoms with E-state index < -0.39 is 0 Å². The highest BCUT2D eigenvalue weighted by Gasteiger charge is 2.40. The van der Waals surface area contributed by atoms with Gasteiger partial charge in [-0.1, -0.05) is 6.42 Å². The van der Waals surface area contributed by atoms with Gasteiger partial charge >= 0.3 is 5.97 Å². The first-order valence-electron chi connectivity index (χ1n) is 9.52. The van der Waals surface area contributed by atoms with Crippen molar-refractivity contribution in [3.05, 3.63) is 18.2 Å². The van der Waals surface area contributed by atoms with E-state index >= 15 is 0 Å². The summed E-state index contributed by atoms with van der Waals surface area (Å²) in [4.78, 5) is 24.1. The number of hydrogen-bond acceptors (Lipinski definition) is 5. The summed E-state index contributed by atoms with van der Waals surface area (Å²) in [5, 5.41) is 2.74. The number of nitrogens with one attached hydrogen (secondary N) is 1. The standard InChI is InChI=1S/C20H25NO5/c22-19(12-26-20(23)10-15-9-13-2-3-14(15)8-13)21-16-4-5-17-18(11-16)25-7-1-6-24-17/h4-5,11,13-15H,1-3,6-10,12H2,(H,21,22)/t13-,14+,15+/m0/s1. The number of anilines is 1. The molecule has 4 rings (SSSR count). The van der Waals surface area contributed by atoms with E-state index in [9.17, 15) is 9.59 Å². The van der Waals surface area contributed by atoms with Gasteiger partial charge in [0.1, 0.15) is 0 Å².